The summed E-state index contributed by atoms with van der Waals surface area (Å²) in [6.07, 6.45) is -4.27. The summed E-state index contributed by atoms with van der Waals surface area (Å²) in [6, 6.07) is 17.9. The summed E-state index contributed by atoms with van der Waals surface area (Å²) in [7, 11) is -3.88. The predicted molar refractivity (Wildman–Crippen MR) is 149 cm³/mol. The lowest BCUT2D eigenvalue weighted by Gasteiger charge is -2.31. The number of benzene rings is 3. The Morgan fingerprint density at radius 1 is 1.00 bits per heavy atom. The van der Waals surface area contributed by atoms with Gasteiger partial charge in [-0.3, -0.25) is 9.52 Å². The number of anilines is 2. The zero-order chi connectivity index (χ0) is 30.9. The molecule has 14 heteroatoms. The molecule has 1 amide bonds. The molecular weight excluding hydrogens is 580 g/mol. The van der Waals surface area contributed by atoms with Gasteiger partial charge in [-0.15, -0.1) is 0 Å². The van der Waals surface area contributed by atoms with E-state index in [4.69, 9.17) is 9.90 Å². The number of hydrogen-bond acceptors (Lipinski definition) is 6. The number of hydrogen-bond donors (Lipinski definition) is 4. The number of amides is 1. The molecule has 1 aliphatic heterocycles. The highest BCUT2D eigenvalue weighted by molar-refractivity contribution is 7.92. The van der Waals surface area contributed by atoms with E-state index in [9.17, 15) is 30.8 Å². The summed E-state index contributed by atoms with van der Waals surface area (Å²) in [5.74, 6) is -3.58. The SMILES string of the molecule is CCc1ccc(S(=O)(=O)Nc2cc(C(=O)NCc3ccccc3F)ccc2N2CCNCC2)cc1.O=C(O)C(F)(F)F. The lowest BCUT2D eigenvalue weighted by atomic mass is 10.1. The van der Waals surface area contributed by atoms with Gasteiger partial charge in [-0.05, 0) is 48.4 Å². The molecular formula is C28H30F4N4O5S. The third kappa shape index (κ3) is 8.91. The maximum atomic E-state index is 13.9. The molecule has 4 N–H and O–H groups in total. The smallest absolute Gasteiger partial charge is 0.475 e. The standard InChI is InChI=1S/C26H29FN4O3S.C2HF3O2/c1-2-19-7-10-22(11-8-19)35(33,34)30-24-17-20(9-12-25(24)31-15-13-28-14-16-31)26(32)29-18-21-5-3-4-6-23(21)27;3-2(4,5)1(6)7/h3-12,17,28,30H,2,13-16,18H2,1H3,(H,29,32);(H,6,7). The molecule has 226 valence electrons. The minimum atomic E-state index is -5.08. The van der Waals surface area contributed by atoms with Gasteiger partial charge in [0.25, 0.3) is 15.9 Å². The Kier molecular flexibility index (Phi) is 10.9. The quantitative estimate of drug-likeness (QED) is 0.282. The van der Waals surface area contributed by atoms with Crippen LogP contribution in [-0.2, 0) is 27.8 Å². The van der Waals surface area contributed by atoms with Gasteiger partial charge in [0.15, 0.2) is 0 Å². The highest BCUT2D eigenvalue weighted by Gasteiger charge is 2.38. The van der Waals surface area contributed by atoms with Gasteiger partial charge >= 0.3 is 12.1 Å². The maximum absolute atomic E-state index is 13.9. The van der Waals surface area contributed by atoms with Crippen LogP contribution in [0.2, 0.25) is 0 Å². The van der Waals surface area contributed by atoms with Crippen molar-refractivity contribution in [1.82, 2.24) is 10.6 Å². The summed E-state index contributed by atoms with van der Waals surface area (Å²) in [5, 5.41) is 13.1. The molecule has 0 aromatic heterocycles. The number of carboxylic acids is 1. The number of alkyl halides is 3. The Morgan fingerprint density at radius 2 is 1.62 bits per heavy atom. The van der Waals surface area contributed by atoms with E-state index in [1.54, 1.807) is 54.6 Å². The highest BCUT2D eigenvalue weighted by atomic mass is 32.2. The first kappa shape index (κ1) is 32.3. The van der Waals surface area contributed by atoms with Crippen molar-refractivity contribution in [2.45, 2.75) is 31.0 Å². The summed E-state index contributed by atoms with van der Waals surface area (Å²) < 4.78 is 74.7. The number of carbonyl (C=O) groups excluding carboxylic acids is 1. The van der Waals surface area contributed by atoms with Gasteiger partial charge in [-0.1, -0.05) is 37.3 Å². The first-order valence-corrected chi connectivity index (χ1v) is 14.3. The van der Waals surface area contributed by atoms with Crippen molar-refractivity contribution in [3.05, 3.63) is 89.2 Å². The molecule has 9 nitrogen and oxygen atoms in total. The van der Waals surface area contributed by atoms with Crippen molar-refractivity contribution in [1.29, 1.82) is 0 Å². The molecule has 0 saturated carbocycles. The minimum absolute atomic E-state index is 0.0237. The van der Waals surface area contributed by atoms with Crippen molar-refractivity contribution in [3.8, 4) is 0 Å². The average molecular weight is 611 g/mol. The largest absolute Gasteiger partial charge is 0.490 e. The van der Waals surface area contributed by atoms with Crippen LogP contribution in [0.25, 0.3) is 0 Å². The molecule has 0 bridgehead atoms. The summed E-state index contributed by atoms with van der Waals surface area (Å²) in [5.41, 5.74) is 2.71. The molecule has 1 heterocycles. The third-order valence-corrected chi connectivity index (χ3v) is 7.62. The number of carbonyl (C=O) groups is 2. The third-order valence-electron chi connectivity index (χ3n) is 6.24. The molecule has 1 aliphatic rings. The molecule has 1 saturated heterocycles. The number of halogens is 4. The van der Waals surface area contributed by atoms with Crippen LogP contribution in [0.5, 0.6) is 0 Å². The molecule has 42 heavy (non-hydrogen) atoms. The van der Waals surface area contributed by atoms with Gasteiger partial charge in [-0.2, -0.15) is 13.2 Å². The van der Waals surface area contributed by atoms with Gasteiger partial charge < -0.3 is 20.6 Å². The Hall–Kier alpha value is -4.17. The Labute approximate surface area is 240 Å². The topological polar surface area (TPSA) is 128 Å². The number of sulfonamides is 1. The molecule has 0 radical (unpaired) electrons. The first-order valence-electron chi connectivity index (χ1n) is 12.8. The van der Waals surface area contributed by atoms with Gasteiger partial charge in [0.1, 0.15) is 5.82 Å². The zero-order valence-electron chi connectivity index (χ0n) is 22.5. The van der Waals surface area contributed by atoms with Gasteiger partial charge in [0.2, 0.25) is 0 Å². The number of aryl methyl sites for hydroxylation is 1. The highest BCUT2D eigenvalue weighted by Crippen LogP contribution is 2.30. The summed E-state index contributed by atoms with van der Waals surface area (Å²) in [4.78, 5) is 24.0. The molecule has 0 atom stereocenters. The Morgan fingerprint density at radius 3 is 2.19 bits per heavy atom. The van der Waals surface area contributed by atoms with Crippen molar-refractivity contribution in [2.75, 3.05) is 35.8 Å². The van der Waals surface area contributed by atoms with E-state index in [1.807, 2.05) is 6.92 Å². The normalized spacial score (nSPS) is 13.5. The molecule has 4 rings (SSSR count). The lowest BCUT2D eigenvalue weighted by Crippen LogP contribution is -2.43. The average Bonchev–Trinajstić information content (AvgIpc) is 2.96. The van der Waals surface area contributed by atoms with Crippen LogP contribution in [0.3, 0.4) is 0 Å². The number of piperazine rings is 1. The predicted octanol–water partition coefficient (Wildman–Crippen LogP) is 4.16. The fraction of sp³-hybridized carbons (Fsp3) is 0.286. The van der Waals surface area contributed by atoms with E-state index in [0.717, 1.165) is 25.1 Å². The van der Waals surface area contributed by atoms with Gasteiger partial charge in [-0.25, -0.2) is 17.6 Å². The molecule has 3 aromatic carbocycles. The number of aliphatic carboxylic acids is 1. The second kappa shape index (κ2) is 14.1. The monoisotopic (exact) mass is 610 g/mol. The van der Waals surface area contributed by atoms with Crippen LogP contribution in [0.4, 0.5) is 28.9 Å². The van der Waals surface area contributed by atoms with Crippen LogP contribution in [0.15, 0.2) is 71.6 Å². The van der Waals surface area contributed by atoms with E-state index in [0.29, 0.717) is 30.0 Å². The van der Waals surface area contributed by atoms with Gasteiger partial charge in [0.05, 0.1) is 16.3 Å². The lowest BCUT2D eigenvalue weighted by molar-refractivity contribution is -0.192. The van der Waals surface area contributed by atoms with Crippen LogP contribution >= 0.6 is 0 Å². The van der Waals surface area contributed by atoms with Crippen LogP contribution in [0.1, 0.15) is 28.4 Å². The number of rotatable bonds is 8. The van der Waals surface area contributed by atoms with E-state index in [-0.39, 0.29) is 17.0 Å². The van der Waals surface area contributed by atoms with E-state index < -0.39 is 33.9 Å². The summed E-state index contributed by atoms with van der Waals surface area (Å²) in [6.45, 7) is 4.99. The maximum Gasteiger partial charge on any atom is 0.490 e. The summed E-state index contributed by atoms with van der Waals surface area (Å²) >= 11 is 0. The van der Waals surface area contributed by atoms with Crippen molar-refractivity contribution in [3.63, 3.8) is 0 Å². The Balaban J connectivity index is 0.000000616. The number of carboxylic acid groups (broad SMARTS) is 1. The molecule has 0 spiro atoms. The zero-order valence-corrected chi connectivity index (χ0v) is 23.4. The minimum Gasteiger partial charge on any atom is -0.475 e. The second-order valence-corrected chi connectivity index (χ2v) is 10.8. The van der Waals surface area contributed by atoms with Gasteiger partial charge in [0, 0.05) is 43.9 Å². The molecule has 0 aliphatic carbocycles. The van der Waals surface area contributed by atoms with E-state index in [2.05, 4.69) is 20.3 Å². The van der Waals surface area contributed by atoms with Crippen molar-refractivity contribution < 1.29 is 40.7 Å². The fourth-order valence-electron chi connectivity index (χ4n) is 3.97. The van der Waals surface area contributed by atoms with Crippen LogP contribution < -0.4 is 20.3 Å². The van der Waals surface area contributed by atoms with Crippen LogP contribution in [0, 0.1) is 5.82 Å². The van der Waals surface area contributed by atoms with Crippen molar-refractivity contribution >= 4 is 33.3 Å². The molecule has 1 fully saturated rings. The number of nitrogens with zero attached hydrogens (tertiary/aromatic N) is 1. The number of nitrogens with one attached hydrogen (secondary N) is 3. The van der Waals surface area contributed by atoms with Crippen molar-refractivity contribution in [2.24, 2.45) is 0 Å². The second-order valence-electron chi connectivity index (χ2n) is 9.15. The first-order chi connectivity index (χ1) is 19.8. The molecule has 0 unspecified atom stereocenters. The fourth-order valence-corrected chi connectivity index (χ4v) is 5.03. The van der Waals surface area contributed by atoms with Crippen LogP contribution in [-0.4, -0.2) is 57.8 Å². The molecule has 3 aromatic rings. The van der Waals surface area contributed by atoms with E-state index >= 15 is 0 Å². The Bertz CT molecular complexity index is 1490. The van der Waals surface area contributed by atoms with E-state index in [1.165, 1.54) is 12.1 Å².